The molecule has 10 heteroatoms. The molecule has 0 fully saturated rings. The van der Waals surface area contributed by atoms with Crippen molar-refractivity contribution >= 4 is 40.7 Å². The van der Waals surface area contributed by atoms with Crippen molar-refractivity contribution in [3.63, 3.8) is 0 Å². The quantitative estimate of drug-likeness (QED) is 0.187. The van der Waals surface area contributed by atoms with Crippen molar-refractivity contribution in [1.29, 1.82) is 0 Å². The third kappa shape index (κ3) is 4.68. The summed E-state index contributed by atoms with van der Waals surface area (Å²) in [7, 11) is 0. The van der Waals surface area contributed by atoms with Gasteiger partial charge in [0.05, 0.1) is 10.5 Å². The molecule has 1 atom stereocenters. The zero-order chi connectivity index (χ0) is 25.6. The number of aromatic nitrogens is 2. The van der Waals surface area contributed by atoms with Gasteiger partial charge in [-0.15, -0.1) is 0 Å². The second kappa shape index (κ2) is 9.22. The lowest BCUT2D eigenvalue weighted by atomic mass is 9.69. The smallest absolute Gasteiger partial charge is 0.269 e. The molecular formula is C26H23ClN4O4S. The number of allylic oxidation sites excluding steroid dienone is 2. The van der Waals surface area contributed by atoms with Crippen LogP contribution in [0.3, 0.4) is 0 Å². The number of Topliss-reactive ketones (excluding diaryl/α,β-unsaturated/α-hetero) is 1. The standard InChI is InChI=1S/C26H23ClN4O4S/c1-26(2)11-18-21(19(32)12-26)20(15-5-9-17(10-6-15)31(34)35)22-23(28-18)29-25(30-24(22)33)36-13-14-3-7-16(27)8-4-14/h3-10,20H,11-13H2,1-2H3,(H2,28,29,30,33). The number of halogens is 1. The van der Waals surface area contributed by atoms with E-state index in [0.717, 1.165) is 11.3 Å². The van der Waals surface area contributed by atoms with Crippen LogP contribution in [0.25, 0.3) is 0 Å². The number of anilines is 1. The van der Waals surface area contributed by atoms with Gasteiger partial charge in [-0.05, 0) is 35.1 Å². The van der Waals surface area contributed by atoms with E-state index < -0.39 is 10.8 Å². The molecule has 2 N–H and O–H groups in total. The molecule has 0 amide bonds. The molecule has 2 aromatic carbocycles. The molecule has 2 heterocycles. The summed E-state index contributed by atoms with van der Waals surface area (Å²) >= 11 is 7.36. The molecular weight excluding hydrogens is 500 g/mol. The molecule has 8 nitrogen and oxygen atoms in total. The number of nitro benzene ring substituents is 1. The monoisotopic (exact) mass is 522 g/mol. The number of non-ortho nitro benzene ring substituents is 1. The first-order chi connectivity index (χ1) is 17.1. The Kier molecular flexibility index (Phi) is 6.22. The number of aromatic amines is 1. The third-order valence-corrected chi connectivity index (χ3v) is 7.62. The maximum absolute atomic E-state index is 13.4. The number of hydrogen-bond acceptors (Lipinski definition) is 7. The number of carbonyl (C=O) groups is 1. The molecule has 2 aliphatic rings. The fourth-order valence-electron chi connectivity index (χ4n) is 4.82. The second-order valence-electron chi connectivity index (χ2n) is 9.79. The first kappa shape index (κ1) is 24.3. The summed E-state index contributed by atoms with van der Waals surface area (Å²) in [5.41, 5.74) is 2.64. The molecule has 0 saturated heterocycles. The van der Waals surface area contributed by atoms with E-state index >= 15 is 0 Å². The first-order valence-electron chi connectivity index (χ1n) is 11.4. The van der Waals surface area contributed by atoms with E-state index in [1.54, 1.807) is 12.1 Å². The summed E-state index contributed by atoms with van der Waals surface area (Å²) in [4.78, 5) is 45.0. The van der Waals surface area contributed by atoms with E-state index in [4.69, 9.17) is 16.6 Å². The van der Waals surface area contributed by atoms with Crippen molar-refractivity contribution < 1.29 is 9.72 Å². The highest BCUT2D eigenvalue weighted by Gasteiger charge is 2.42. The molecule has 5 rings (SSSR count). The Morgan fingerprint density at radius 2 is 1.81 bits per heavy atom. The number of nitrogens with one attached hydrogen (secondary N) is 2. The summed E-state index contributed by atoms with van der Waals surface area (Å²) in [6.45, 7) is 4.07. The maximum Gasteiger partial charge on any atom is 0.269 e. The van der Waals surface area contributed by atoms with Gasteiger partial charge in [0, 0.05) is 46.5 Å². The summed E-state index contributed by atoms with van der Waals surface area (Å²) in [6.07, 6.45) is 0.978. The van der Waals surface area contributed by atoms with E-state index in [9.17, 15) is 19.7 Å². The normalized spacial score (nSPS) is 18.3. The number of H-pyrrole nitrogens is 1. The number of carbonyl (C=O) groups excluding carboxylic acids is 1. The third-order valence-electron chi connectivity index (χ3n) is 6.43. The molecule has 3 aromatic rings. The number of fused-ring (bicyclic) bond motifs is 1. The van der Waals surface area contributed by atoms with E-state index in [0.29, 0.717) is 51.3 Å². The van der Waals surface area contributed by atoms with Crippen LogP contribution < -0.4 is 10.9 Å². The van der Waals surface area contributed by atoms with Gasteiger partial charge >= 0.3 is 0 Å². The number of hydrogen-bond donors (Lipinski definition) is 2. The SMILES string of the molecule is CC1(C)CC(=O)C2=C(C1)Nc1nc(SCc3ccc(Cl)cc3)[nH]c(=O)c1C2c1ccc([N+](=O)[O-])cc1. The average Bonchev–Trinajstić information content (AvgIpc) is 2.81. The Morgan fingerprint density at radius 1 is 1.11 bits per heavy atom. The minimum atomic E-state index is -0.660. The number of thioether (sulfide) groups is 1. The molecule has 1 aliphatic carbocycles. The Labute approximate surface area is 216 Å². The Balaban J connectivity index is 1.57. The molecule has 1 aliphatic heterocycles. The number of ketones is 1. The first-order valence-corrected chi connectivity index (χ1v) is 12.8. The van der Waals surface area contributed by atoms with Crippen molar-refractivity contribution in [3.05, 3.63) is 102 Å². The van der Waals surface area contributed by atoms with Gasteiger partial charge < -0.3 is 10.3 Å². The fraction of sp³-hybridized carbons (Fsp3) is 0.269. The van der Waals surface area contributed by atoms with Crippen LogP contribution in [0.2, 0.25) is 5.02 Å². The van der Waals surface area contributed by atoms with Crippen LogP contribution in [-0.2, 0) is 10.5 Å². The molecule has 1 unspecified atom stereocenters. The van der Waals surface area contributed by atoms with Crippen LogP contribution in [-0.4, -0.2) is 20.7 Å². The highest BCUT2D eigenvalue weighted by atomic mass is 35.5. The van der Waals surface area contributed by atoms with E-state index in [1.165, 1.54) is 23.9 Å². The van der Waals surface area contributed by atoms with Crippen molar-refractivity contribution in [3.8, 4) is 0 Å². The molecule has 0 bridgehead atoms. The Bertz CT molecular complexity index is 1460. The van der Waals surface area contributed by atoms with Crippen LogP contribution in [0, 0.1) is 15.5 Å². The van der Waals surface area contributed by atoms with Crippen molar-refractivity contribution in [2.45, 2.75) is 43.5 Å². The minimum Gasteiger partial charge on any atom is -0.343 e. The maximum atomic E-state index is 13.4. The number of nitro groups is 1. The van der Waals surface area contributed by atoms with Crippen LogP contribution in [0.15, 0.2) is 69.8 Å². The highest BCUT2D eigenvalue weighted by Crippen LogP contribution is 2.47. The average molecular weight is 523 g/mol. The van der Waals surface area contributed by atoms with Gasteiger partial charge in [0.1, 0.15) is 5.82 Å². The summed E-state index contributed by atoms with van der Waals surface area (Å²) < 4.78 is 0. The largest absolute Gasteiger partial charge is 0.343 e. The fourth-order valence-corrected chi connectivity index (χ4v) is 5.76. The Hall–Kier alpha value is -3.43. The van der Waals surface area contributed by atoms with Gasteiger partial charge in [0.25, 0.3) is 11.2 Å². The number of rotatable bonds is 5. The lowest BCUT2D eigenvalue weighted by Gasteiger charge is -2.38. The molecule has 1 aromatic heterocycles. The van der Waals surface area contributed by atoms with Crippen molar-refractivity contribution in [2.75, 3.05) is 5.32 Å². The molecule has 0 radical (unpaired) electrons. The van der Waals surface area contributed by atoms with E-state index in [-0.39, 0.29) is 22.4 Å². The van der Waals surface area contributed by atoms with Gasteiger partial charge in [-0.25, -0.2) is 4.98 Å². The summed E-state index contributed by atoms with van der Waals surface area (Å²) in [5.74, 6) is 0.296. The summed E-state index contributed by atoms with van der Waals surface area (Å²) in [5, 5.41) is 15.6. The molecule has 184 valence electrons. The van der Waals surface area contributed by atoms with Gasteiger partial charge in [-0.2, -0.15) is 0 Å². The highest BCUT2D eigenvalue weighted by molar-refractivity contribution is 7.98. The summed E-state index contributed by atoms with van der Waals surface area (Å²) in [6, 6.07) is 13.5. The van der Waals surface area contributed by atoms with Gasteiger partial charge in [0.15, 0.2) is 10.9 Å². The van der Waals surface area contributed by atoms with Crippen molar-refractivity contribution in [2.24, 2.45) is 5.41 Å². The topological polar surface area (TPSA) is 118 Å². The zero-order valence-electron chi connectivity index (χ0n) is 19.6. The lowest BCUT2D eigenvalue weighted by Crippen LogP contribution is -2.37. The number of benzene rings is 2. The molecule has 36 heavy (non-hydrogen) atoms. The zero-order valence-corrected chi connectivity index (χ0v) is 21.2. The molecule has 0 saturated carbocycles. The minimum absolute atomic E-state index is 0.0386. The van der Waals surface area contributed by atoms with E-state index in [2.05, 4.69) is 10.3 Å². The Morgan fingerprint density at radius 3 is 2.47 bits per heavy atom. The molecule has 0 spiro atoms. The van der Waals surface area contributed by atoms with E-state index in [1.807, 2.05) is 38.1 Å². The van der Waals surface area contributed by atoms with Gasteiger partial charge in [-0.1, -0.05) is 61.5 Å². The van der Waals surface area contributed by atoms with Gasteiger partial charge in [-0.3, -0.25) is 19.7 Å². The van der Waals surface area contributed by atoms with Crippen molar-refractivity contribution in [1.82, 2.24) is 9.97 Å². The number of nitrogens with zero attached hydrogens (tertiary/aromatic N) is 2. The van der Waals surface area contributed by atoms with Crippen LogP contribution >= 0.6 is 23.4 Å². The van der Waals surface area contributed by atoms with Gasteiger partial charge in [0.2, 0.25) is 0 Å². The lowest BCUT2D eigenvalue weighted by molar-refractivity contribution is -0.384. The predicted octanol–water partition coefficient (Wildman–Crippen LogP) is 5.82. The van der Waals surface area contributed by atoms with Crippen LogP contribution in [0.5, 0.6) is 0 Å². The van der Waals surface area contributed by atoms with Crippen LogP contribution in [0.1, 0.15) is 49.3 Å². The second-order valence-corrected chi connectivity index (χ2v) is 11.2. The van der Waals surface area contributed by atoms with Crippen LogP contribution in [0.4, 0.5) is 11.5 Å². The predicted molar refractivity (Wildman–Crippen MR) is 139 cm³/mol.